The summed E-state index contributed by atoms with van der Waals surface area (Å²) in [4.78, 5) is 15.0. The first-order valence-electron chi connectivity index (χ1n) is 11.3. The highest BCUT2D eigenvalue weighted by Gasteiger charge is 2.47. The third-order valence-corrected chi connectivity index (χ3v) is 7.14. The molecule has 4 aliphatic rings. The first kappa shape index (κ1) is 17.9. The Bertz CT molecular complexity index is 860. The molecule has 1 atom stereocenters. The molecule has 2 saturated carbocycles. The van der Waals surface area contributed by atoms with Gasteiger partial charge in [-0.1, -0.05) is 0 Å². The summed E-state index contributed by atoms with van der Waals surface area (Å²) in [6.45, 7) is 7.43. The summed E-state index contributed by atoms with van der Waals surface area (Å²) < 4.78 is 5.64. The average Bonchev–Trinajstić information content (AvgIpc) is 3.63. The summed E-state index contributed by atoms with van der Waals surface area (Å²) in [6, 6.07) is 4.06. The number of rotatable bonds is 7. The molecule has 29 heavy (non-hydrogen) atoms. The number of nitrogens with one attached hydrogen (secondary N) is 1. The third kappa shape index (κ3) is 3.80. The second-order valence-corrected chi connectivity index (χ2v) is 9.83. The van der Waals surface area contributed by atoms with Crippen molar-refractivity contribution in [3.63, 3.8) is 0 Å². The molecule has 6 rings (SSSR count). The maximum atomic E-state index is 5.64. The summed E-state index contributed by atoms with van der Waals surface area (Å²) in [5.41, 5.74) is 2.72. The zero-order chi connectivity index (χ0) is 19.3. The van der Waals surface area contributed by atoms with E-state index >= 15 is 0 Å². The van der Waals surface area contributed by atoms with Gasteiger partial charge in [0.25, 0.3) is 0 Å². The zero-order valence-corrected chi connectivity index (χ0v) is 17.1. The van der Waals surface area contributed by atoms with Crippen LogP contribution in [0.2, 0.25) is 0 Å². The van der Waals surface area contributed by atoms with Gasteiger partial charge in [0.2, 0.25) is 5.95 Å². The fourth-order valence-corrected chi connectivity index (χ4v) is 5.26. The molecule has 0 aromatic carbocycles. The molecule has 1 saturated heterocycles. The van der Waals surface area contributed by atoms with Gasteiger partial charge in [0, 0.05) is 49.9 Å². The molecule has 0 bridgehead atoms. The molecule has 0 amide bonds. The maximum Gasteiger partial charge on any atom is 0.222 e. The molecule has 6 heteroatoms. The van der Waals surface area contributed by atoms with Crippen molar-refractivity contribution in [1.82, 2.24) is 19.8 Å². The van der Waals surface area contributed by atoms with Crippen LogP contribution in [0.25, 0.3) is 0 Å². The Kier molecular flexibility index (Phi) is 4.38. The number of likely N-dealkylation sites (tertiary alicyclic amines) is 1. The van der Waals surface area contributed by atoms with E-state index in [2.05, 4.69) is 32.4 Å². The molecule has 0 radical (unpaired) electrons. The molecule has 3 fully saturated rings. The van der Waals surface area contributed by atoms with Crippen LogP contribution in [0.3, 0.4) is 0 Å². The Balaban J connectivity index is 1.27. The minimum absolute atomic E-state index is 0.119. The van der Waals surface area contributed by atoms with Crippen molar-refractivity contribution < 1.29 is 4.42 Å². The van der Waals surface area contributed by atoms with Crippen molar-refractivity contribution in [3.8, 4) is 0 Å². The summed E-state index contributed by atoms with van der Waals surface area (Å²) in [7, 11) is 0. The van der Waals surface area contributed by atoms with Gasteiger partial charge in [-0.25, -0.2) is 9.97 Å². The van der Waals surface area contributed by atoms with E-state index in [1.54, 1.807) is 6.26 Å². The summed E-state index contributed by atoms with van der Waals surface area (Å²) in [5, 5.41) is 3.50. The van der Waals surface area contributed by atoms with Crippen LogP contribution in [-0.4, -0.2) is 52.5 Å². The van der Waals surface area contributed by atoms with E-state index in [0.717, 1.165) is 56.3 Å². The lowest BCUT2D eigenvalue weighted by Gasteiger charge is -2.41. The quantitative estimate of drug-likeness (QED) is 0.779. The predicted molar refractivity (Wildman–Crippen MR) is 112 cm³/mol. The molecular weight excluding hydrogens is 362 g/mol. The average molecular weight is 394 g/mol. The standard InChI is InChI=1S/C23H31N5O/c1-2-20(29-9-1)14-28-13-19-11-25-22(24-10-17-3-4-17)26-21(19)23(16-28)7-8-27(15-23)12-18-5-6-18/h1-2,9,11,17-18H,3-8,10,12-16H2,(H,24,25,26). The molecule has 4 heterocycles. The normalized spacial score (nSPS) is 27.4. The minimum atomic E-state index is 0.119. The summed E-state index contributed by atoms with van der Waals surface area (Å²) >= 11 is 0. The fourth-order valence-electron chi connectivity index (χ4n) is 5.26. The first-order valence-corrected chi connectivity index (χ1v) is 11.3. The number of hydrogen-bond acceptors (Lipinski definition) is 6. The van der Waals surface area contributed by atoms with Crippen LogP contribution in [0.1, 0.15) is 49.1 Å². The summed E-state index contributed by atoms with van der Waals surface area (Å²) in [6.07, 6.45) is 10.6. The van der Waals surface area contributed by atoms with Crippen LogP contribution >= 0.6 is 0 Å². The van der Waals surface area contributed by atoms with Gasteiger partial charge in [-0.2, -0.15) is 0 Å². The highest BCUT2D eigenvalue weighted by Crippen LogP contribution is 2.42. The van der Waals surface area contributed by atoms with E-state index < -0.39 is 0 Å². The second-order valence-electron chi connectivity index (χ2n) is 9.83. The SMILES string of the molecule is c1coc(CN2Cc3cnc(NCC4CC4)nc3C3(CCN(CC4CC4)C3)C2)c1. The van der Waals surface area contributed by atoms with E-state index in [1.165, 1.54) is 56.5 Å². The molecule has 6 nitrogen and oxygen atoms in total. The van der Waals surface area contributed by atoms with Crippen LogP contribution in [0.15, 0.2) is 29.0 Å². The molecule has 154 valence electrons. The van der Waals surface area contributed by atoms with Crippen molar-refractivity contribution in [1.29, 1.82) is 0 Å². The number of hydrogen-bond donors (Lipinski definition) is 1. The number of nitrogens with zero attached hydrogens (tertiary/aromatic N) is 4. The molecule has 2 aromatic rings. The predicted octanol–water partition coefficient (Wildman–Crippen LogP) is 3.26. The van der Waals surface area contributed by atoms with Gasteiger partial charge in [-0.3, -0.25) is 4.90 Å². The lowest BCUT2D eigenvalue weighted by molar-refractivity contribution is 0.151. The van der Waals surface area contributed by atoms with Crippen molar-refractivity contribution >= 4 is 5.95 Å². The minimum Gasteiger partial charge on any atom is -0.468 e. The number of furan rings is 1. The van der Waals surface area contributed by atoms with Gasteiger partial charge < -0.3 is 14.6 Å². The highest BCUT2D eigenvalue weighted by molar-refractivity contribution is 5.38. The maximum absolute atomic E-state index is 5.64. The largest absolute Gasteiger partial charge is 0.468 e. The van der Waals surface area contributed by atoms with Crippen LogP contribution < -0.4 is 5.32 Å². The van der Waals surface area contributed by atoms with Crippen LogP contribution in [0.4, 0.5) is 5.95 Å². The van der Waals surface area contributed by atoms with Gasteiger partial charge in [-0.15, -0.1) is 0 Å². The lowest BCUT2D eigenvalue weighted by Crippen LogP contribution is -2.48. The number of aromatic nitrogens is 2. The van der Waals surface area contributed by atoms with Gasteiger partial charge in [0.05, 0.1) is 18.5 Å². The van der Waals surface area contributed by atoms with Crippen molar-refractivity contribution in [2.75, 3.05) is 38.0 Å². The lowest BCUT2D eigenvalue weighted by atomic mass is 9.78. The number of anilines is 1. The van der Waals surface area contributed by atoms with Gasteiger partial charge in [0.15, 0.2) is 0 Å². The molecule has 2 aromatic heterocycles. The molecule has 2 aliphatic carbocycles. The Morgan fingerprint density at radius 2 is 2.00 bits per heavy atom. The van der Waals surface area contributed by atoms with Crippen LogP contribution in [0, 0.1) is 11.8 Å². The van der Waals surface area contributed by atoms with Crippen molar-refractivity contribution in [2.24, 2.45) is 11.8 Å². The molecular formula is C23H31N5O. The zero-order valence-electron chi connectivity index (χ0n) is 17.1. The highest BCUT2D eigenvalue weighted by atomic mass is 16.3. The van der Waals surface area contributed by atoms with Gasteiger partial charge in [-0.05, 0) is 62.6 Å². The molecule has 2 aliphatic heterocycles. The Morgan fingerprint density at radius 1 is 1.14 bits per heavy atom. The molecule has 1 N–H and O–H groups in total. The van der Waals surface area contributed by atoms with E-state index in [9.17, 15) is 0 Å². The topological polar surface area (TPSA) is 57.4 Å². The molecule has 1 unspecified atom stereocenters. The second kappa shape index (κ2) is 7.10. The van der Waals surface area contributed by atoms with E-state index in [1.807, 2.05) is 6.07 Å². The first-order chi connectivity index (χ1) is 14.3. The third-order valence-electron chi connectivity index (χ3n) is 7.14. The van der Waals surface area contributed by atoms with Crippen molar-refractivity contribution in [3.05, 3.63) is 41.6 Å². The summed E-state index contributed by atoms with van der Waals surface area (Å²) in [5.74, 6) is 3.64. The van der Waals surface area contributed by atoms with E-state index in [-0.39, 0.29) is 5.41 Å². The Morgan fingerprint density at radius 3 is 2.79 bits per heavy atom. The monoisotopic (exact) mass is 393 g/mol. The Labute approximate surface area is 172 Å². The van der Waals surface area contributed by atoms with Gasteiger partial charge in [0.1, 0.15) is 5.76 Å². The van der Waals surface area contributed by atoms with Crippen LogP contribution in [0.5, 0.6) is 0 Å². The van der Waals surface area contributed by atoms with Gasteiger partial charge >= 0.3 is 0 Å². The smallest absolute Gasteiger partial charge is 0.222 e. The Hall–Kier alpha value is -1.92. The van der Waals surface area contributed by atoms with E-state index in [0.29, 0.717) is 0 Å². The van der Waals surface area contributed by atoms with E-state index in [4.69, 9.17) is 9.40 Å². The van der Waals surface area contributed by atoms with Crippen LogP contribution in [-0.2, 0) is 18.5 Å². The molecule has 1 spiro atoms. The number of fused-ring (bicyclic) bond motifs is 2. The fraction of sp³-hybridized carbons (Fsp3) is 0.652. The van der Waals surface area contributed by atoms with Crippen molar-refractivity contribution in [2.45, 2.75) is 50.6 Å².